The van der Waals surface area contributed by atoms with E-state index >= 15 is 0 Å². The highest BCUT2D eigenvalue weighted by Gasteiger charge is 2.27. The lowest BCUT2D eigenvalue weighted by Gasteiger charge is -2.27. The van der Waals surface area contributed by atoms with Crippen LogP contribution in [-0.4, -0.2) is 18.9 Å². The van der Waals surface area contributed by atoms with Gasteiger partial charge in [-0.25, -0.2) is 0 Å². The lowest BCUT2D eigenvalue weighted by Crippen LogP contribution is -2.20. The summed E-state index contributed by atoms with van der Waals surface area (Å²) in [6.45, 7) is 13.9. The van der Waals surface area contributed by atoms with Crippen LogP contribution in [0, 0.1) is 11.8 Å². The molecule has 0 aliphatic rings. The third-order valence-corrected chi connectivity index (χ3v) is 5.04. The van der Waals surface area contributed by atoms with E-state index in [1.165, 1.54) is 0 Å². The first-order valence-corrected chi connectivity index (χ1v) is 8.66. The van der Waals surface area contributed by atoms with Crippen molar-refractivity contribution in [3.05, 3.63) is 0 Å². The maximum Gasteiger partial charge on any atom is 0.328 e. The minimum absolute atomic E-state index is 0.0278. The maximum atomic E-state index is 12.2. The van der Waals surface area contributed by atoms with Crippen LogP contribution >= 0.6 is 7.60 Å². The fourth-order valence-corrected chi connectivity index (χ4v) is 3.17. The molecule has 0 amide bonds. The van der Waals surface area contributed by atoms with E-state index in [9.17, 15) is 4.57 Å². The summed E-state index contributed by atoms with van der Waals surface area (Å²) < 4.78 is 23.4. The van der Waals surface area contributed by atoms with Gasteiger partial charge in [0, 0.05) is 6.66 Å². The fraction of sp³-hybridized carbons (Fsp3) is 1.00. The van der Waals surface area contributed by atoms with Crippen molar-refractivity contribution in [1.82, 2.24) is 0 Å². The molecule has 0 aromatic carbocycles. The van der Waals surface area contributed by atoms with Gasteiger partial charge >= 0.3 is 7.60 Å². The fourth-order valence-electron chi connectivity index (χ4n) is 1.50. The number of rotatable bonds is 8. The zero-order valence-electron chi connectivity index (χ0n) is 12.4. The summed E-state index contributed by atoms with van der Waals surface area (Å²) >= 11 is 0. The lowest BCUT2D eigenvalue weighted by atomic mass is 10.0. The van der Waals surface area contributed by atoms with E-state index in [0.717, 1.165) is 12.8 Å². The van der Waals surface area contributed by atoms with Gasteiger partial charge in [-0.3, -0.25) is 4.57 Å². The van der Waals surface area contributed by atoms with Crippen molar-refractivity contribution >= 4 is 7.60 Å². The van der Waals surface area contributed by atoms with Gasteiger partial charge in [0.15, 0.2) is 0 Å². The van der Waals surface area contributed by atoms with E-state index in [4.69, 9.17) is 9.05 Å². The molecule has 4 unspecified atom stereocenters. The lowest BCUT2D eigenvalue weighted by molar-refractivity contribution is 0.0833. The molecule has 0 aliphatic heterocycles. The average molecular weight is 264 g/mol. The summed E-state index contributed by atoms with van der Waals surface area (Å²) in [6.07, 6.45) is 1.98. The molecule has 0 N–H and O–H groups in total. The van der Waals surface area contributed by atoms with Crippen molar-refractivity contribution in [2.24, 2.45) is 11.8 Å². The Morgan fingerprint density at radius 2 is 1.18 bits per heavy atom. The van der Waals surface area contributed by atoms with Crippen molar-refractivity contribution in [2.45, 2.75) is 66.6 Å². The number of hydrogen-bond acceptors (Lipinski definition) is 3. The van der Waals surface area contributed by atoms with Gasteiger partial charge in [0.1, 0.15) is 0 Å². The predicted molar refractivity (Wildman–Crippen MR) is 73.5 cm³/mol. The molecular formula is C13H29O3P. The molecule has 0 radical (unpaired) electrons. The minimum atomic E-state index is -2.94. The quantitative estimate of drug-likeness (QED) is 0.595. The maximum absolute atomic E-state index is 12.2. The van der Waals surface area contributed by atoms with Crippen molar-refractivity contribution < 1.29 is 13.6 Å². The van der Waals surface area contributed by atoms with Crippen LogP contribution in [0.4, 0.5) is 0 Å². The minimum Gasteiger partial charge on any atom is -0.305 e. The van der Waals surface area contributed by atoms with Gasteiger partial charge in [-0.15, -0.1) is 0 Å². The van der Waals surface area contributed by atoms with Gasteiger partial charge in [0.25, 0.3) is 0 Å². The van der Waals surface area contributed by atoms with Crippen LogP contribution < -0.4 is 0 Å². The van der Waals surface area contributed by atoms with Gasteiger partial charge in [0.05, 0.1) is 12.2 Å². The van der Waals surface area contributed by atoms with Crippen molar-refractivity contribution in [1.29, 1.82) is 0 Å². The van der Waals surface area contributed by atoms with Crippen LogP contribution in [0.5, 0.6) is 0 Å². The molecule has 104 valence electrons. The Morgan fingerprint density at radius 1 is 0.882 bits per heavy atom. The predicted octanol–water partition coefficient (Wildman–Crippen LogP) is 4.71. The molecular weight excluding hydrogens is 235 g/mol. The normalized spacial score (nSPS) is 22.5. The van der Waals surface area contributed by atoms with E-state index in [1.807, 2.05) is 13.8 Å². The highest BCUT2D eigenvalue weighted by molar-refractivity contribution is 7.53. The molecule has 0 aromatic rings. The van der Waals surface area contributed by atoms with E-state index in [-0.39, 0.29) is 12.2 Å². The van der Waals surface area contributed by atoms with E-state index < -0.39 is 7.60 Å². The Hall–Kier alpha value is 0.150. The molecule has 17 heavy (non-hydrogen) atoms. The van der Waals surface area contributed by atoms with Gasteiger partial charge in [-0.2, -0.15) is 0 Å². The third-order valence-electron chi connectivity index (χ3n) is 3.61. The summed E-state index contributed by atoms with van der Waals surface area (Å²) in [5, 5.41) is 0. The first-order chi connectivity index (χ1) is 7.73. The Kier molecular flexibility index (Phi) is 7.62. The molecule has 0 aromatic heterocycles. The largest absolute Gasteiger partial charge is 0.328 e. The second-order valence-electron chi connectivity index (χ2n) is 5.16. The molecule has 4 heteroatoms. The van der Waals surface area contributed by atoms with Crippen molar-refractivity contribution in [2.75, 3.05) is 6.66 Å². The Labute approximate surface area is 107 Å². The summed E-state index contributed by atoms with van der Waals surface area (Å²) in [4.78, 5) is 0. The average Bonchev–Trinajstić information content (AvgIpc) is 2.25. The van der Waals surface area contributed by atoms with Gasteiger partial charge in [0.2, 0.25) is 0 Å². The first-order valence-electron chi connectivity index (χ1n) is 6.67. The first kappa shape index (κ1) is 17.2. The second-order valence-corrected chi connectivity index (χ2v) is 7.13. The van der Waals surface area contributed by atoms with Crippen LogP contribution in [0.15, 0.2) is 0 Å². The monoisotopic (exact) mass is 264 g/mol. The Balaban J connectivity index is 4.33. The van der Waals surface area contributed by atoms with Crippen LogP contribution in [-0.2, 0) is 13.6 Å². The van der Waals surface area contributed by atoms with Crippen LogP contribution in [0.1, 0.15) is 54.4 Å². The highest BCUT2D eigenvalue weighted by Crippen LogP contribution is 2.48. The van der Waals surface area contributed by atoms with Gasteiger partial charge in [-0.1, -0.05) is 40.5 Å². The molecule has 0 saturated heterocycles. The van der Waals surface area contributed by atoms with Crippen LogP contribution in [0.2, 0.25) is 0 Å². The molecule has 0 aliphatic carbocycles. The highest BCUT2D eigenvalue weighted by atomic mass is 31.2. The summed E-state index contributed by atoms with van der Waals surface area (Å²) in [5.74, 6) is 0.788. The Bertz CT molecular complexity index is 233. The molecule has 3 nitrogen and oxygen atoms in total. The van der Waals surface area contributed by atoms with E-state index in [2.05, 4.69) is 27.7 Å². The van der Waals surface area contributed by atoms with Crippen LogP contribution in [0.3, 0.4) is 0 Å². The number of hydrogen-bond donors (Lipinski definition) is 0. The molecule has 0 rings (SSSR count). The topological polar surface area (TPSA) is 35.5 Å². The SMILES string of the molecule is CCC(C)C(C)OP(C)(=O)OC(C)C(C)CC. The van der Waals surface area contributed by atoms with E-state index in [0.29, 0.717) is 11.8 Å². The van der Waals surface area contributed by atoms with Crippen LogP contribution in [0.25, 0.3) is 0 Å². The third kappa shape index (κ3) is 6.59. The molecule has 0 heterocycles. The van der Waals surface area contributed by atoms with Gasteiger partial charge in [-0.05, 0) is 25.7 Å². The van der Waals surface area contributed by atoms with Crippen molar-refractivity contribution in [3.63, 3.8) is 0 Å². The van der Waals surface area contributed by atoms with E-state index in [1.54, 1.807) is 6.66 Å². The summed E-state index contributed by atoms with van der Waals surface area (Å²) in [6, 6.07) is 0. The smallest absolute Gasteiger partial charge is 0.305 e. The standard InChI is InChI=1S/C13H29O3P/c1-8-10(3)12(5)15-17(7,14)16-13(6)11(4)9-2/h10-13H,8-9H2,1-7H3. The Morgan fingerprint density at radius 3 is 1.41 bits per heavy atom. The van der Waals surface area contributed by atoms with Crippen molar-refractivity contribution in [3.8, 4) is 0 Å². The molecule has 0 spiro atoms. The second kappa shape index (κ2) is 7.56. The van der Waals surface area contributed by atoms with Gasteiger partial charge < -0.3 is 9.05 Å². The zero-order valence-corrected chi connectivity index (χ0v) is 13.3. The molecule has 0 bridgehead atoms. The summed E-state index contributed by atoms with van der Waals surface area (Å²) in [7, 11) is -2.94. The zero-order chi connectivity index (χ0) is 13.6. The summed E-state index contributed by atoms with van der Waals surface area (Å²) in [5.41, 5.74) is 0. The molecule has 0 saturated carbocycles. The molecule has 0 fully saturated rings. The molecule has 4 atom stereocenters.